The molecule has 5 nitrogen and oxygen atoms in total. The van der Waals surface area contributed by atoms with Crippen LogP contribution in [0.2, 0.25) is 0 Å². The van der Waals surface area contributed by atoms with E-state index < -0.39 is 0 Å². The maximum absolute atomic E-state index is 12.3. The molecule has 1 aliphatic rings. The first-order chi connectivity index (χ1) is 11.1. The quantitative estimate of drug-likeness (QED) is 0.894. The third-order valence-electron chi connectivity index (χ3n) is 3.76. The predicted octanol–water partition coefficient (Wildman–Crippen LogP) is 3.24. The number of aryl methyl sites for hydroxylation is 1. The van der Waals surface area contributed by atoms with Gasteiger partial charge in [-0.25, -0.2) is 4.98 Å². The normalized spacial score (nSPS) is 14.6. The number of carbonyl (C=O) groups excluding carboxylic acids is 1. The zero-order valence-electron chi connectivity index (χ0n) is 12.9. The van der Waals surface area contributed by atoms with Gasteiger partial charge in [-0.3, -0.25) is 4.79 Å². The number of carbonyl (C=O) groups is 1. The molecule has 1 fully saturated rings. The van der Waals surface area contributed by atoms with Crippen molar-refractivity contribution < 1.29 is 9.53 Å². The molecule has 0 radical (unpaired) electrons. The van der Waals surface area contributed by atoms with Gasteiger partial charge in [0.15, 0.2) is 0 Å². The van der Waals surface area contributed by atoms with Crippen LogP contribution in [0.3, 0.4) is 0 Å². The highest BCUT2D eigenvalue weighted by molar-refractivity contribution is 9.10. The number of pyridine rings is 1. The first kappa shape index (κ1) is 16.0. The molecule has 1 amide bonds. The number of morpholine rings is 1. The zero-order chi connectivity index (χ0) is 16.2. The summed E-state index contributed by atoms with van der Waals surface area (Å²) in [4.78, 5) is 18.9. The van der Waals surface area contributed by atoms with E-state index in [1.807, 2.05) is 31.2 Å². The van der Waals surface area contributed by atoms with Gasteiger partial charge in [0.25, 0.3) is 5.91 Å². The van der Waals surface area contributed by atoms with Crippen molar-refractivity contribution in [2.75, 3.05) is 36.5 Å². The minimum atomic E-state index is -0.159. The highest BCUT2D eigenvalue weighted by Crippen LogP contribution is 2.20. The Kier molecular flexibility index (Phi) is 4.93. The summed E-state index contributed by atoms with van der Waals surface area (Å²) in [6.45, 7) is 5.07. The first-order valence-corrected chi connectivity index (χ1v) is 8.29. The highest BCUT2D eigenvalue weighted by Gasteiger charge is 2.13. The molecule has 120 valence electrons. The van der Waals surface area contributed by atoms with Crippen molar-refractivity contribution in [1.29, 1.82) is 0 Å². The zero-order valence-corrected chi connectivity index (χ0v) is 14.5. The van der Waals surface area contributed by atoms with E-state index in [-0.39, 0.29) is 5.91 Å². The van der Waals surface area contributed by atoms with E-state index in [0.29, 0.717) is 18.8 Å². The van der Waals surface area contributed by atoms with Gasteiger partial charge in [0.2, 0.25) is 0 Å². The topological polar surface area (TPSA) is 54.5 Å². The molecular formula is C17H18BrN3O2. The maximum atomic E-state index is 12.3. The van der Waals surface area contributed by atoms with Gasteiger partial charge in [0.1, 0.15) is 5.82 Å². The molecule has 2 heterocycles. The Bertz CT molecular complexity index is 697. The molecule has 23 heavy (non-hydrogen) atoms. The molecule has 1 aromatic heterocycles. The van der Waals surface area contributed by atoms with Crippen LogP contribution < -0.4 is 10.2 Å². The fourth-order valence-electron chi connectivity index (χ4n) is 2.43. The maximum Gasteiger partial charge on any atom is 0.257 e. The van der Waals surface area contributed by atoms with Crippen LogP contribution in [-0.2, 0) is 4.74 Å². The van der Waals surface area contributed by atoms with Gasteiger partial charge in [-0.05, 0) is 42.8 Å². The van der Waals surface area contributed by atoms with Gasteiger partial charge in [-0.15, -0.1) is 0 Å². The van der Waals surface area contributed by atoms with E-state index in [4.69, 9.17) is 4.74 Å². The van der Waals surface area contributed by atoms with Gasteiger partial charge in [0.05, 0.1) is 18.8 Å². The van der Waals surface area contributed by atoms with E-state index >= 15 is 0 Å². The lowest BCUT2D eigenvalue weighted by atomic mass is 10.2. The second-order valence-corrected chi connectivity index (χ2v) is 6.28. The molecule has 1 saturated heterocycles. The van der Waals surface area contributed by atoms with Crippen LogP contribution in [0.15, 0.2) is 41.0 Å². The van der Waals surface area contributed by atoms with E-state index in [0.717, 1.165) is 34.6 Å². The molecule has 1 N–H and O–H groups in total. The summed E-state index contributed by atoms with van der Waals surface area (Å²) in [6.07, 6.45) is 1.62. The van der Waals surface area contributed by atoms with Crippen molar-refractivity contribution >= 4 is 33.3 Å². The van der Waals surface area contributed by atoms with Crippen LogP contribution in [0.1, 0.15) is 15.9 Å². The summed E-state index contributed by atoms with van der Waals surface area (Å²) in [6, 6.07) is 9.40. The number of benzene rings is 1. The molecule has 1 aliphatic heterocycles. The fraction of sp³-hybridized carbons (Fsp3) is 0.294. The van der Waals surface area contributed by atoms with Crippen molar-refractivity contribution in [2.24, 2.45) is 0 Å². The number of hydrogen-bond donors (Lipinski definition) is 1. The summed E-state index contributed by atoms with van der Waals surface area (Å²) in [5.74, 6) is 0.720. The molecule has 6 heteroatoms. The standard InChI is InChI=1S/C17H18BrN3O2/c1-12-10-14(3-4-15(12)18)20-17(22)13-2-5-16(19-11-13)21-6-8-23-9-7-21/h2-5,10-11H,6-9H2,1H3,(H,20,22). The van der Waals surface area contributed by atoms with Crippen molar-refractivity contribution in [3.05, 3.63) is 52.1 Å². The third kappa shape index (κ3) is 3.89. The summed E-state index contributed by atoms with van der Waals surface area (Å²) in [5.41, 5.74) is 2.39. The van der Waals surface area contributed by atoms with Crippen LogP contribution in [0, 0.1) is 6.92 Å². The number of nitrogens with zero attached hydrogens (tertiary/aromatic N) is 2. The Morgan fingerprint density at radius 3 is 2.70 bits per heavy atom. The van der Waals surface area contributed by atoms with Crippen LogP contribution in [-0.4, -0.2) is 37.2 Å². The average molecular weight is 376 g/mol. The molecule has 0 bridgehead atoms. The van der Waals surface area contributed by atoms with E-state index in [2.05, 4.69) is 31.1 Å². The minimum Gasteiger partial charge on any atom is -0.378 e. The number of anilines is 2. The number of amides is 1. The van der Waals surface area contributed by atoms with Crippen LogP contribution >= 0.6 is 15.9 Å². The third-order valence-corrected chi connectivity index (χ3v) is 4.65. The summed E-state index contributed by atoms with van der Waals surface area (Å²) in [7, 11) is 0. The van der Waals surface area contributed by atoms with Crippen molar-refractivity contribution in [3.63, 3.8) is 0 Å². The molecule has 2 aromatic rings. The smallest absolute Gasteiger partial charge is 0.257 e. The number of ether oxygens (including phenoxy) is 1. The van der Waals surface area contributed by atoms with Gasteiger partial charge in [-0.1, -0.05) is 15.9 Å². The Balaban J connectivity index is 1.68. The minimum absolute atomic E-state index is 0.159. The number of hydrogen-bond acceptors (Lipinski definition) is 4. The van der Waals surface area contributed by atoms with Crippen LogP contribution in [0.25, 0.3) is 0 Å². The number of halogens is 1. The van der Waals surface area contributed by atoms with Crippen LogP contribution in [0.5, 0.6) is 0 Å². The first-order valence-electron chi connectivity index (χ1n) is 7.50. The van der Waals surface area contributed by atoms with Gasteiger partial charge >= 0.3 is 0 Å². The fourth-order valence-corrected chi connectivity index (χ4v) is 2.67. The van der Waals surface area contributed by atoms with E-state index in [1.165, 1.54) is 0 Å². The molecule has 3 rings (SSSR count). The second kappa shape index (κ2) is 7.10. The van der Waals surface area contributed by atoms with Gasteiger partial charge in [-0.2, -0.15) is 0 Å². The Labute approximate surface area is 143 Å². The van der Waals surface area contributed by atoms with Crippen molar-refractivity contribution in [1.82, 2.24) is 4.98 Å². The summed E-state index contributed by atoms with van der Waals surface area (Å²) >= 11 is 3.45. The number of aromatic nitrogens is 1. The largest absolute Gasteiger partial charge is 0.378 e. The molecule has 1 aromatic carbocycles. The lowest BCUT2D eigenvalue weighted by Gasteiger charge is -2.27. The highest BCUT2D eigenvalue weighted by atomic mass is 79.9. The molecule has 0 atom stereocenters. The predicted molar refractivity (Wildman–Crippen MR) is 94.1 cm³/mol. The van der Waals surface area contributed by atoms with Crippen molar-refractivity contribution in [3.8, 4) is 0 Å². The molecule has 0 spiro atoms. The summed E-state index contributed by atoms with van der Waals surface area (Å²) in [5, 5.41) is 2.89. The Hall–Kier alpha value is -1.92. The van der Waals surface area contributed by atoms with Crippen molar-refractivity contribution in [2.45, 2.75) is 6.92 Å². The molecule has 0 aliphatic carbocycles. The number of nitrogens with one attached hydrogen (secondary N) is 1. The van der Waals surface area contributed by atoms with E-state index in [9.17, 15) is 4.79 Å². The van der Waals surface area contributed by atoms with Gasteiger partial charge in [0, 0.05) is 29.4 Å². The lowest BCUT2D eigenvalue weighted by molar-refractivity contribution is 0.102. The molecular weight excluding hydrogens is 358 g/mol. The summed E-state index contributed by atoms with van der Waals surface area (Å²) < 4.78 is 6.35. The Morgan fingerprint density at radius 2 is 2.04 bits per heavy atom. The van der Waals surface area contributed by atoms with E-state index in [1.54, 1.807) is 12.3 Å². The SMILES string of the molecule is Cc1cc(NC(=O)c2ccc(N3CCOCC3)nc2)ccc1Br. The number of rotatable bonds is 3. The molecule has 0 unspecified atom stereocenters. The lowest BCUT2D eigenvalue weighted by Crippen LogP contribution is -2.36. The van der Waals surface area contributed by atoms with Crippen LogP contribution in [0.4, 0.5) is 11.5 Å². The monoisotopic (exact) mass is 375 g/mol. The Morgan fingerprint density at radius 1 is 1.26 bits per heavy atom. The molecule has 0 saturated carbocycles. The van der Waals surface area contributed by atoms with Gasteiger partial charge < -0.3 is 15.0 Å². The second-order valence-electron chi connectivity index (χ2n) is 5.42. The average Bonchev–Trinajstić information content (AvgIpc) is 2.59.